The largest absolute Gasteiger partial charge is 0.496 e. The number of esters is 1. The standard InChI is InChI=1S/C15H19NO5S/c1-20-13-6-7-14(11-5-3-2-4-10(11)13)22(18,19)16-12-8-9-21-15(12)17/h6-7,12,16H,2-5,8-9H2,1H3/t12-/m0/s1. The molecule has 1 N–H and O–H groups in total. The number of methoxy groups -OCH3 is 1. The van der Waals surface area contributed by atoms with Crippen molar-refractivity contribution in [2.24, 2.45) is 0 Å². The van der Waals surface area contributed by atoms with Gasteiger partial charge in [0, 0.05) is 6.42 Å². The maximum atomic E-state index is 12.6. The number of sulfonamides is 1. The van der Waals surface area contributed by atoms with Crippen LogP contribution in [0.1, 0.15) is 30.4 Å². The van der Waals surface area contributed by atoms with Gasteiger partial charge in [-0.1, -0.05) is 0 Å². The van der Waals surface area contributed by atoms with E-state index in [-0.39, 0.29) is 11.5 Å². The lowest BCUT2D eigenvalue weighted by Gasteiger charge is -2.22. The van der Waals surface area contributed by atoms with Gasteiger partial charge in [0.2, 0.25) is 10.0 Å². The molecule has 1 atom stereocenters. The van der Waals surface area contributed by atoms with Crippen LogP contribution in [0, 0.1) is 0 Å². The van der Waals surface area contributed by atoms with Gasteiger partial charge in [-0.25, -0.2) is 8.42 Å². The highest BCUT2D eigenvalue weighted by molar-refractivity contribution is 7.89. The highest BCUT2D eigenvalue weighted by atomic mass is 32.2. The minimum atomic E-state index is -3.75. The topological polar surface area (TPSA) is 81.7 Å². The first-order chi connectivity index (χ1) is 10.5. The van der Waals surface area contributed by atoms with Crippen LogP contribution in [0.15, 0.2) is 17.0 Å². The third-order valence-corrected chi connectivity index (χ3v) is 5.75. The summed E-state index contributed by atoms with van der Waals surface area (Å²) in [6, 6.07) is 2.46. The number of hydrogen-bond donors (Lipinski definition) is 1. The first kappa shape index (κ1) is 15.3. The highest BCUT2D eigenvalue weighted by Crippen LogP contribution is 2.34. The number of nitrogens with one attached hydrogen (secondary N) is 1. The molecule has 1 aromatic rings. The van der Waals surface area contributed by atoms with Crippen molar-refractivity contribution in [3.8, 4) is 5.75 Å². The van der Waals surface area contributed by atoms with E-state index in [0.717, 1.165) is 36.1 Å². The Labute approximate surface area is 129 Å². The van der Waals surface area contributed by atoms with E-state index < -0.39 is 22.0 Å². The zero-order chi connectivity index (χ0) is 15.7. The van der Waals surface area contributed by atoms with E-state index >= 15 is 0 Å². The van der Waals surface area contributed by atoms with E-state index in [4.69, 9.17) is 9.47 Å². The van der Waals surface area contributed by atoms with Gasteiger partial charge in [-0.05, 0) is 48.9 Å². The van der Waals surface area contributed by atoms with Crippen LogP contribution in [0.3, 0.4) is 0 Å². The van der Waals surface area contributed by atoms with Gasteiger partial charge in [0.05, 0.1) is 18.6 Å². The van der Waals surface area contributed by atoms with E-state index in [0.29, 0.717) is 12.8 Å². The van der Waals surface area contributed by atoms with Gasteiger partial charge in [0.1, 0.15) is 11.8 Å². The molecular weight excluding hydrogens is 306 g/mol. The summed E-state index contributed by atoms with van der Waals surface area (Å²) in [7, 11) is -2.16. The van der Waals surface area contributed by atoms with Crippen molar-refractivity contribution in [1.82, 2.24) is 4.72 Å². The second-order valence-electron chi connectivity index (χ2n) is 5.56. The van der Waals surface area contributed by atoms with Gasteiger partial charge in [0.25, 0.3) is 0 Å². The summed E-state index contributed by atoms with van der Waals surface area (Å²) in [5.74, 6) is 0.222. The smallest absolute Gasteiger partial charge is 0.324 e. The zero-order valence-corrected chi connectivity index (χ0v) is 13.2. The average Bonchev–Trinajstić information content (AvgIpc) is 2.90. The molecule has 0 spiro atoms. The van der Waals surface area contributed by atoms with Crippen LogP contribution < -0.4 is 9.46 Å². The predicted octanol–water partition coefficient (Wildman–Crippen LogP) is 1.17. The molecule has 0 radical (unpaired) electrons. The normalized spacial score (nSPS) is 21.3. The van der Waals surface area contributed by atoms with Crippen LogP contribution in [0.5, 0.6) is 5.75 Å². The number of rotatable bonds is 4. The van der Waals surface area contributed by atoms with Crippen molar-refractivity contribution in [1.29, 1.82) is 0 Å². The minimum absolute atomic E-state index is 0.253. The minimum Gasteiger partial charge on any atom is -0.496 e. The molecule has 1 aliphatic carbocycles. The Morgan fingerprint density at radius 3 is 2.59 bits per heavy atom. The van der Waals surface area contributed by atoms with Crippen LogP contribution in [0.25, 0.3) is 0 Å². The molecule has 0 amide bonds. The van der Waals surface area contributed by atoms with Crippen molar-refractivity contribution in [2.45, 2.75) is 43.0 Å². The Balaban J connectivity index is 1.98. The fourth-order valence-electron chi connectivity index (χ4n) is 3.10. The van der Waals surface area contributed by atoms with Gasteiger partial charge in [0.15, 0.2) is 0 Å². The maximum Gasteiger partial charge on any atom is 0.324 e. The lowest BCUT2D eigenvalue weighted by Crippen LogP contribution is -2.38. The van der Waals surface area contributed by atoms with Crippen LogP contribution in [-0.2, 0) is 32.4 Å². The third kappa shape index (κ3) is 2.70. The Morgan fingerprint density at radius 1 is 1.23 bits per heavy atom. The molecule has 0 bridgehead atoms. The summed E-state index contributed by atoms with van der Waals surface area (Å²) >= 11 is 0. The van der Waals surface area contributed by atoms with E-state index in [9.17, 15) is 13.2 Å². The molecule has 6 nitrogen and oxygen atoms in total. The molecule has 2 aliphatic rings. The molecule has 22 heavy (non-hydrogen) atoms. The zero-order valence-electron chi connectivity index (χ0n) is 12.4. The number of ether oxygens (including phenoxy) is 2. The van der Waals surface area contributed by atoms with Crippen molar-refractivity contribution >= 4 is 16.0 Å². The molecule has 1 saturated heterocycles. The first-order valence-electron chi connectivity index (χ1n) is 7.40. The number of carbonyl (C=O) groups excluding carboxylic acids is 1. The summed E-state index contributed by atoms with van der Waals surface area (Å²) < 4.78 is 37.9. The molecule has 120 valence electrons. The van der Waals surface area contributed by atoms with Gasteiger partial charge in [-0.3, -0.25) is 4.79 Å². The van der Waals surface area contributed by atoms with E-state index in [1.165, 1.54) is 0 Å². The molecule has 1 aliphatic heterocycles. The molecule has 7 heteroatoms. The monoisotopic (exact) mass is 325 g/mol. The number of hydrogen-bond acceptors (Lipinski definition) is 5. The van der Waals surface area contributed by atoms with Gasteiger partial charge in [-0.2, -0.15) is 4.72 Å². The average molecular weight is 325 g/mol. The maximum absolute atomic E-state index is 12.6. The molecule has 3 rings (SSSR count). The van der Waals surface area contributed by atoms with E-state index in [1.807, 2.05) is 0 Å². The number of carbonyl (C=O) groups is 1. The second kappa shape index (κ2) is 5.89. The quantitative estimate of drug-likeness (QED) is 0.840. The molecule has 0 aromatic heterocycles. The van der Waals surface area contributed by atoms with Crippen molar-refractivity contribution in [3.63, 3.8) is 0 Å². The van der Waals surface area contributed by atoms with Crippen LogP contribution in [0.2, 0.25) is 0 Å². The molecule has 1 fully saturated rings. The summed E-state index contributed by atoms with van der Waals surface area (Å²) in [5, 5.41) is 0. The molecular formula is C15H19NO5S. The Morgan fingerprint density at radius 2 is 1.95 bits per heavy atom. The van der Waals surface area contributed by atoms with Crippen LogP contribution in [0.4, 0.5) is 0 Å². The first-order valence-corrected chi connectivity index (χ1v) is 8.89. The SMILES string of the molecule is COc1ccc(S(=O)(=O)N[C@H]2CCOC2=O)c2c1CCCC2. The summed E-state index contributed by atoms with van der Waals surface area (Å²) in [6.45, 7) is 0.257. The Hall–Kier alpha value is -1.60. The molecule has 1 heterocycles. The van der Waals surface area contributed by atoms with Crippen molar-refractivity contribution in [2.75, 3.05) is 13.7 Å². The summed E-state index contributed by atoms with van der Waals surface area (Å²) in [4.78, 5) is 11.8. The third-order valence-electron chi connectivity index (χ3n) is 4.19. The van der Waals surface area contributed by atoms with Gasteiger partial charge >= 0.3 is 5.97 Å². The Kier molecular flexibility index (Phi) is 4.10. The lowest BCUT2D eigenvalue weighted by atomic mass is 9.91. The Bertz CT molecular complexity index is 698. The van der Waals surface area contributed by atoms with Crippen molar-refractivity contribution < 1.29 is 22.7 Å². The fraction of sp³-hybridized carbons (Fsp3) is 0.533. The fourth-order valence-corrected chi connectivity index (χ4v) is 4.61. The summed E-state index contributed by atoms with van der Waals surface area (Å²) in [5.41, 5.74) is 1.77. The van der Waals surface area contributed by atoms with Gasteiger partial charge in [-0.15, -0.1) is 0 Å². The molecule has 0 unspecified atom stereocenters. The van der Waals surface area contributed by atoms with Crippen molar-refractivity contribution in [3.05, 3.63) is 23.3 Å². The van der Waals surface area contributed by atoms with Gasteiger partial charge < -0.3 is 9.47 Å². The number of cyclic esters (lactones) is 1. The highest BCUT2D eigenvalue weighted by Gasteiger charge is 2.33. The number of fused-ring (bicyclic) bond motifs is 1. The van der Waals surface area contributed by atoms with Crippen LogP contribution >= 0.6 is 0 Å². The molecule has 1 aromatic carbocycles. The second-order valence-corrected chi connectivity index (χ2v) is 7.24. The van der Waals surface area contributed by atoms with E-state index in [1.54, 1.807) is 19.2 Å². The number of benzene rings is 1. The van der Waals surface area contributed by atoms with Crippen LogP contribution in [-0.4, -0.2) is 34.1 Å². The molecule has 0 saturated carbocycles. The summed E-state index contributed by atoms with van der Waals surface area (Å²) in [6.07, 6.45) is 3.87. The lowest BCUT2D eigenvalue weighted by molar-refractivity contribution is -0.139. The predicted molar refractivity (Wildman–Crippen MR) is 79.3 cm³/mol. The van der Waals surface area contributed by atoms with E-state index in [2.05, 4.69) is 4.72 Å².